The van der Waals surface area contributed by atoms with E-state index in [1.807, 2.05) is 21.7 Å². The molecular formula is C40H36Cl4F2N6O4S4. The molecule has 2 aliphatic rings. The lowest BCUT2D eigenvalue weighted by Gasteiger charge is -2.33. The van der Waals surface area contributed by atoms with Crippen LogP contribution in [0.3, 0.4) is 0 Å². The third-order valence-electron chi connectivity index (χ3n) is 9.90. The third-order valence-corrected chi connectivity index (χ3v) is 17.0. The topological polar surface area (TPSA) is 107 Å². The lowest BCUT2D eigenvalue weighted by molar-refractivity contribution is 0.384. The van der Waals surface area contributed by atoms with E-state index in [4.69, 9.17) is 51.4 Å². The Bertz CT molecular complexity index is 2760. The highest BCUT2D eigenvalue weighted by Crippen LogP contribution is 2.35. The molecule has 0 aliphatic carbocycles. The zero-order chi connectivity index (χ0) is 42.9. The molecule has 60 heavy (non-hydrogen) atoms. The summed E-state index contributed by atoms with van der Waals surface area (Å²) < 4.78 is 80.9. The normalized spacial score (nSPS) is 15.5. The summed E-state index contributed by atoms with van der Waals surface area (Å²) in [7, 11) is -7.57. The van der Waals surface area contributed by atoms with Crippen molar-refractivity contribution in [2.24, 2.45) is 0 Å². The second-order valence-electron chi connectivity index (χ2n) is 13.9. The van der Waals surface area contributed by atoms with Gasteiger partial charge in [-0.2, -0.15) is 8.61 Å². The number of aryl methyl sites for hydroxylation is 2. The Balaban J connectivity index is 0.000000181. The van der Waals surface area contributed by atoms with Crippen LogP contribution in [-0.4, -0.2) is 87.8 Å². The molecule has 6 aromatic rings. The number of anilines is 2. The van der Waals surface area contributed by atoms with Crippen molar-refractivity contribution in [3.8, 4) is 22.5 Å². The number of halogens is 6. The van der Waals surface area contributed by atoms with E-state index in [0.717, 1.165) is 57.0 Å². The minimum Gasteiger partial charge on any atom is -0.345 e. The van der Waals surface area contributed by atoms with Gasteiger partial charge in [0.05, 0.1) is 26.5 Å². The summed E-state index contributed by atoms with van der Waals surface area (Å²) in [5.74, 6) is -1.14. The lowest BCUT2D eigenvalue weighted by atomic mass is 10.0. The van der Waals surface area contributed by atoms with Crippen LogP contribution in [0.1, 0.15) is 11.1 Å². The van der Waals surface area contributed by atoms with Crippen molar-refractivity contribution < 1.29 is 25.6 Å². The fourth-order valence-corrected chi connectivity index (χ4v) is 12.8. The molecule has 0 N–H and O–H groups in total. The molecule has 0 unspecified atom stereocenters. The maximum Gasteiger partial charge on any atom is 0.244 e. The molecule has 0 bridgehead atoms. The van der Waals surface area contributed by atoms with Gasteiger partial charge in [-0.3, -0.25) is 0 Å². The van der Waals surface area contributed by atoms with Gasteiger partial charge in [0, 0.05) is 79.3 Å². The molecular weight excluding hydrogens is 937 g/mol. The Morgan fingerprint density at radius 3 is 1.47 bits per heavy atom. The molecule has 20 heteroatoms. The molecule has 0 amide bonds. The zero-order valence-corrected chi connectivity index (χ0v) is 38.2. The predicted octanol–water partition coefficient (Wildman–Crippen LogP) is 10.2. The maximum atomic E-state index is 13.3. The number of piperazine rings is 2. The Hall–Kier alpha value is -3.42. The molecule has 8 rings (SSSR count). The van der Waals surface area contributed by atoms with Gasteiger partial charge in [0.15, 0.2) is 10.3 Å². The number of hydrogen-bond donors (Lipinski definition) is 0. The summed E-state index contributed by atoms with van der Waals surface area (Å²) in [6.45, 7) is 7.29. The van der Waals surface area contributed by atoms with Crippen molar-refractivity contribution in [1.29, 1.82) is 0 Å². The van der Waals surface area contributed by atoms with Gasteiger partial charge in [0.1, 0.15) is 21.4 Å². The lowest BCUT2D eigenvalue weighted by Crippen LogP contribution is -2.48. The first-order valence-corrected chi connectivity index (χ1v) is 24.5. The Labute approximate surface area is 375 Å². The van der Waals surface area contributed by atoms with Crippen molar-refractivity contribution in [2.45, 2.75) is 23.6 Å². The predicted molar refractivity (Wildman–Crippen MR) is 239 cm³/mol. The monoisotopic (exact) mass is 970 g/mol. The van der Waals surface area contributed by atoms with Crippen LogP contribution < -0.4 is 9.80 Å². The summed E-state index contributed by atoms with van der Waals surface area (Å²) in [5, 5.41) is 6.46. The smallest absolute Gasteiger partial charge is 0.244 e. The minimum absolute atomic E-state index is 0.0644. The molecule has 316 valence electrons. The molecule has 0 radical (unpaired) electrons. The molecule has 2 aliphatic heterocycles. The standard InChI is InChI=1S/C21H21ClFN3O2S2.C19H15Cl3FN3O2S2/c1-14-3-4-15(2)17(11-14)19-13-29-21(24-19)25-7-9-26(10-8-25)30(27,28)20-6-5-16(23)12-18(20)22;20-12-1-3-14(15(21)9-12)17-11-29-19(24-17)25-5-7-26(8-6-25)30(27,28)18-4-2-13(23)10-16(18)22/h3-6,11-13H,7-10H2,1-2H3;1-4,9-11H,5-8H2. The van der Waals surface area contributed by atoms with Crippen LogP contribution in [-0.2, 0) is 20.0 Å². The Morgan fingerprint density at radius 2 is 1.02 bits per heavy atom. The third kappa shape index (κ3) is 9.78. The van der Waals surface area contributed by atoms with Crippen molar-refractivity contribution in [3.05, 3.63) is 126 Å². The second kappa shape index (κ2) is 18.5. The molecule has 10 nitrogen and oxygen atoms in total. The van der Waals surface area contributed by atoms with E-state index in [2.05, 4.69) is 41.9 Å². The van der Waals surface area contributed by atoms with E-state index in [0.29, 0.717) is 49.3 Å². The molecule has 0 spiro atoms. The van der Waals surface area contributed by atoms with Crippen LogP contribution in [0.5, 0.6) is 0 Å². The van der Waals surface area contributed by atoms with E-state index in [9.17, 15) is 25.6 Å². The van der Waals surface area contributed by atoms with Crippen molar-refractivity contribution in [2.75, 3.05) is 62.2 Å². The second-order valence-corrected chi connectivity index (χ2v) is 21.0. The highest BCUT2D eigenvalue weighted by Gasteiger charge is 2.33. The van der Waals surface area contributed by atoms with Crippen LogP contribution in [0.4, 0.5) is 19.0 Å². The van der Waals surface area contributed by atoms with E-state index in [1.54, 1.807) is 23.5 Å². The SMILES string of the molecule is Cc1ccc(C)c(-c2csc(N3CCN(S(=O)(=O)c4ccc(F)cc4Cl)CC3)n2)c1.O=S(=O)(c1ccc(F)cc1Cl)N1CCN(c2nc(-c3ccc(Cl)cc3Cl)cs2)CC1. The van der Waals surface area contributed by atoms with Crippen LogP contribution in [0.2, 0.25) is 20.1 Å². The van der Waals surface area contributed by atoms with E-state index < -0.39 is 31.7 Å². The largest absolute Gasteiger partial charge is 0.345 e. The van der Waals surface area contributed by atoms with Gasteiger partial charge in [0.2, 0.25) is 20.0 Å². The Morgan fingerprint density at radius 1 is 0.550 bits per heavy atom. The fraction of sp³-hybridized carbons (Fsp3) is 0.250. The van der Waals surface area contributed by atoms with Gasteiger partial charge < -0.3 is 9.80 Å². The van der Waals surface area contributed by atoms with Gasteiger partial charge in [-0.1, -0.05) is 64.1 Å². The van der Waals surface area contributed by atoms with Crippen LogP contribution in [0.25, 0.3) is 22.5 Å². The van der Waals surface area contributed by atoms with E-state index in [-0.39, 0.29) is 32.9 Å². The van der Waals surface area contributed by atoms with Crippen LogP contribution in [0, 0.1) is 25.5 Å². The minimum atomic E-state index is -3.80. The molecule has 0 saturated carbocycles. The Kier molecular flexibility index (Phi) is 13.8. The van der Waals surface area contributed by atoms with Crippen LogP contribution in [0.15, 0.2) is 93.3 Å². The fourth-order valence-electron chi connectivity index (χ4n) is 6.66. The van der Waals surface area contributed by atoms with Gasteiger partial charge in [-0.15, -0.1) is 22.7 Å². The molecule has 2 saturated heterocycles. The van der Waals surface area contributed by atoms with Gasteiger partial charge >= 0.3 is 0 Å². The van der Waals surface area contributed by atoms with Crippen LogP contribution >= 0.6 is 69.1 Å². The van der Waals surface area contributed by atoms with E-state index >= 15 is 0 Å². The van der Waals surface area contributed by atoms with Crippen molar-refractivity contribution >= 4 is 99.4 Å². The summed E-state index contributed by atoms with van der Waals surface area (Å²) in [5.41, 5.74) is 5.93. The molecule has 4 aromatic carbocycles. The average molecular weight is 973 g/mol. The molecule has 2 fully saturated rings. The number of benzene rings is 4. The summed E-state index contributed by atoms with van der Waals surface area (Å²) in [4.78, 5) is 13.4. The molecule has 4 heterocycles. The summed E-state index contributed by atoms with van der Waals surface area (Å²) >= 11 is 27.2. The number of rotatable bonds is 8. The number of aromatic nitrogens is 2. The first-order chi connectivity index (χ1) is 28.5. The molecule has 0 atom stereocenters. The number of hydrogen-bond acceptors (Lipinski definition) is 10. The van der Waals surface area contributed by atoms with E-state index in [1.165, 1.54) is 43.2 Å². The van der Waals surface area contributed by atoms with Crippen molar-refractivity contribution in [3.63, 3.8) is 0 Å². The molecule has 2 aromatic heterocycles. The van der Waals surface area contributed by atoms with Gasteiger partial charge in [-0.05, 0) is 80.1 Å². The first kappa shape index (κ1) is 44.6. The summed E-state index contributed by atoms with van der Waals surface area (Å²) in [6, 6.07) is 18.2. The number of nitrogens with zero attached hydrogens (tertiary/aromatic N) is 6. The quantitative estimate of drug-likeness (QED) is 0.149. The van der Waals surface area contributed by atoms with Gasteiger partial charge in [0.25, 0.3) is 0 Å². The van der Waals surface area contributed by atoms with Gasteiger partial charge in [-0.25, -0.2) is 35.6 Å². The highest BCUT2D eigenvalue weighted by molar-refractivity contribution is 7.89. The zero-order valence-electron chi connectivity index (χ0n) is 32.0. The maximum absolute atomic E-state index is 13.3. The average Bonchev–Trinajstić information content (AvgIpc) is 3.90. The van der Waals surface area contributed by atoms with Crippen molar-refractivity contribution in [1.82, 2.24) is 18.6 Å². The highest BCUT2D eigenvalue weighted by atomic mass is 35.5. The summed E-state index contributed by atoms with van der Waals surface area (Å²) in [6.07, 6.45) is 0. The number of sulfonamides is 2. The first-order valence-electron chi connectivity index (χ1n) is 18.4. The number of thiazole rings is 2.